The zero-order valence-corrected chi connectivity index (χ0v) is 11.7. The average molecular weight is 303 g/mol. The predicted molar refractivity (Wildman–Crippen MR) is 79.3 cm³/mol. The van der Waals surface area contributed by atoms with Crippen LogP contribution < -0.4 is 5.73 Å². The lowest BCUT2D eigenvalue weighted by Gasteiger charge is -2.07. The maximum atomic E-state index is 12.9. The largest absolute Gasteiger partial charge is 0.318 e. The Morgan fingerprint density at radius 1 is 1.14 bits per heavy atom. The van der Waals surface area contributed by atoms with E-state index in [1.165, 1.54) is 12.1 Å². The zero-order chi connectivity index (χ0) is 14.8. The normalized spacial score (nSPS) is 12.3. The molecule has 0 radical (unpaired) electrons. The van der Waals surface area contributed by atoms with E-state index in [1.807, 2.05) is 12.1 Å². The molecule has 1 unspecified atom stereocenters. The van der Waals surface area contributed by atoms with Crippen LogP contribution in [-0.4, -0.2) is 15.2 Å². The van der Waals surface area contributed by atoms with Crippen molar-refractivity contribution in [3.63, 3.8) is 0 Å². The number of hydrogen-bond donors (Lipinski definition) is 2. The molecule has 6 heteroatoms. The zero-order valence-electron chi connectivity index (χ0n) is 10.9. The highest BCUT2D eigenvalue weighted by Gasteiger charge is 2.15. The first-order valence-electron chi connectivity index (χ1n) is 6.33. The summed E-state index contributed by atoms with van der Waals surface area (Å²) >= 11 is 5.95. The number of nitrogens with one attached hydrogen (secondary N) is 1. The van der Waals surface area contributed by atoms with Crippen molar-refractivity contribution in [3.8, 4) is 11.4 Å². The molecule has 21 heavy (non-hydrogen) atoms. The first-order chi connectivity index (χ1) is 10.1. The van der Waals surface area contributed by atoms with Crippen molar-refractivity contribution < 1.29 is 4.39 Å². The van der Waals surface area contributed by atoms with Crippen LogP contribution in [0.2, 0.25) is 5.02 Å². The summed E-state index contributed by atoms with van der Waals surface area (Å²) in [7, 11) is 0. The van der Waals surface area contributed by atoms with Gasteiger partial charge in [-0.3, -0.25) is 5.10 Å². The van der Waals surface area contributed by atoms with Crippen molar-refractivity contribution in [2.24, 2.45) is 5.73 Å². The van der Waals surface area contributed by atoms with Crippen LogP contribution in [0.3, 0.4) is 0 Å². The summed E-state index contributed by atoms with van der Waals surface area (Å²) < 4.78 is 12.9. The van der Waals surface area contributed by atoms with Gasteiger partial charge in [-0.15, -0.1) is 0 Å². The molecule has 0 bridgehead atoms. The van der Waals surface area contributed by atoms with Gasteiger partial charge in [0, 0.05) is 10.6 Å². The van der Waals surface area contributed by atoms with E-state index in [0.717, 1.165) is 11.1 Å². The molecule has 0 fully saturated rings. The number of nitrogens with zero attached hydrogens (tertiary/aromatic N) is 2. The third-order valence-corrected chi connectivity index (χ3v) is 3.34. The summed E-state index contributed by atoms with van der Waals surface area (Å²) in [4.78, 5) is 4.38. The highest BCUT2D eigenvalue weighted by Crippen LogP contribution is 2.22. The van der Waals surface area contributed by atoms with Crippen molar-refractivity contribution in [3.05, 3.63) is 70.8 Å². The molecule has 0 aliphatic carbocycles. The highest BCUT2D eigenvalue weighted by atomic mass is 35.5. The molecule has 0 aliphatic heterocycles. The van der Waals surface area contributed by atoms with Gasteiger partial charge in [0.1, 0.15) is 11.6 Å². The number of hydrogen-bond acceptors (Lipinski definition) is 3. The Bertz CT molecular complexity index is 754. The number of H-pyrrole nitrogens is 1. The molecular weight excluding hydrogens is 291 g/mol. The minimum Gasteiger partial charge on any atom is -0.318 e. The van der Waals surface area contributed by atoms with Gasteiger partial charge in [-0.2, -0.15) is 5.10 Å². The lowest BCUT2D eigenvalue weighted by molar-refractivity contribution is 0.626. The van der Waals surface area contributed by atoms with Crippen LogP contribution >= 0.6 is 11.6 Å². The topological polar surface area (TPSA) is 67.6 Å². The van der Waals surface area contributed by atoms with Crippen LogP contribution in [0.1, 0.15) is 17.4 Å². The molecule has 4 nitrogen and oxygen atoms in total. The van der Waals surface area contributed by atoms with Crippen LogP contribution in [0, 0.1) is 5.82 Å². The summed E-state index contributed by atoms with van der Waals surface area (Å²) in [5, 5.41) is 7.57. The van der Waals surface area contributed by atoms with E-state index in [9.17, 15) is 4.39 Å². The molecule has 0 aliphatic rings. The number of aromatic nitrogens is 3. The number of benzene rings is 2. The number of aromatic amines is 1. The van der Waals surface area contributed by atoms with Gasteiger partial charge in [-0.1, -0.05) is 35.9 Å². The van der Waals surface area contributed by atoms with Gasteiger partial charge < -0.3 is 5.73 Å². The SMILES string of the molecule is NC(c1ccc(F)cc1)c1nc(-c2cccc(Cl)c2)n[nH]1. The molecule has 1 aromatic heterocycles. The van der Waals surface area contributed by atoms with E-state index >= 15 is 0 Å². The Hall–Kier alpha value is -2.24. The fraction of sp³-hybridized carbons (Fsp3) is 0.0667. The van der Waals surface area contributed by atoms with E-state index in [-0.39, 0.29) is 5.82 Å². The molecule has 0 saturated carbocycles. The summed E-state index contributed by atoms with van der Waals surface area (Å²) in [6.07, 6.45) is 0. The maximum absolute atomic E-state index is 12.9. The van der Waals surface area contributed by atoms with Crippen LogP contribution in [-0.2, 0) is 0 Å². The summed E-state index contributed by atoms with van der Waals surface area (Å²) in [6, 6.07) is 12.7. The Kier molecular flexibility index (Phi) is 3.68. The lowest BCUT2D eigenvalue weighted by Crippen LogP contribution is -2.13. The lowest BCUT2D eigenvalue weighted by atomic mass is 10.1. The summed E-state index contributed by atoms with van der Waals surface area (Å²) in [6.45, 7) is 0. The maximum Gasteiger partial charge on any atom is 0.181 e. The molecule has 0 saturated heterocycles. The number of halogens is 2. The second kappa shape index (κ2) is 5.63. The van der Waals surface area contributed by atoms with Crippen molar-refractivity contribution in [2.75, 3.05) is 0 Å². The van der Waals surface area contributed by atoms with Gasteiger partial charge in [0.05, 0.1) is 6.04 Å². The number of rotatable bonds is 3. The van der Waals surface area contributed by atoms with Gasteiger partial charge >= 0.3 is 0 Å². The third-order valence-electron chi connectivity index (χ3n) is 3.11. The van der Waals surface area contributed by atoms with Gasteiger partial charge in [-0.05, 0) is 29.8 Å². The molecule has 0 amide bonds. The second-order valence-corrected chi connectivity index (χ2v) is 5.02. The molecule has 0 spiro atoms. The number of nitrogens with two attached hydrogens (primary N) is 1. The molecule has 1 atom stereocenters. The van der Waals surface area contributed by atoms with Crippen LogP contribution in [0.25, 0.3) is 11.4 Å². The van der Waals surface area contributed by atoms with E-state index in [2.05, 4.69) is 15.2 Å². The van der Waals surface area contributed by atoms with Crippen LogP contribution in [0.5, 0.6) is 0 Å². The molecule has 1 heterocycles. The highest BCUT2D eigenvalue weighted by molar-refractivity contribution is 6.30. The Balaban J connectivity index is 1.89. The standard InChI is InChI=1S/C15H12ClFN4/c16-11-3-1-2-10(8-11)14-19-15(21-20-14)13(18)9-4-6-12(17)7-5-9/h1-8,13H,18H2,(H,19,20,21). The minimum atomic E-state index is -0.494. The fourth-order valence-electron chi connectivity index (χ4n) is 2.00. The van der Waals surface area contributed by atoms with Crippen LogP contribution in [0.4, 0.5) is 4.39 Å². The van der Waals surface area contributed by atoms with Crippen LogP contribution in [0.15, 0.2) is 48.5 Å². The average Bonchev–Trinajstić information content (AvgIpc) is 2.97. The first-order valence-corrected chi connectivity index (χ1v) is 6.70. The van der Waals surface area contributed by atoms with Crippen molar-refractivity contribution >= 4 is 11.6 Å². The molecule has 3 rings (SSSR count). The summed E-state index contributed by atoms with van der Waals surface area (Å²) in [5.41, 5.74) is 7.66. The van der Waals surface area contributed by atoms with E-state index < -0.39 is 6.04 Å². The second-order valence-electron chi connectivity index (χ2n) is 4.58. The smallest absolute Gasteiger partial charge is 0.181 e. The minimum absolute atomic E-state index is 0.303. The first kappa shape index (κ1) is 13.7. The Morgan fingerprint density at radius 2 is 1.90 bits per heavy atom. The predicted octanol–water partition coefficient (Wildman–Crippen LogP) is 3.31. The van der Waals surface area contributed by atoms with Crippen molar-refractivity contribution in [1.82, 2.24) is 15.2 Å². The third kappa shape index (κ3) is 2.94. The molecule has 3 aromatic rings. The van der Waals surface area contributed by atoms with Crippen molar-refractivity contribution in [1.29, 1.82) is 0 Å². The summed E-state index contributed by atoms with van der Waals surface area (Å²) in [5.74, 6) is 0.727. The van der Waals surface area contributed by atoms with E-state index in [4.69, 9.17) is 17.3 Å². The van der Waals surface area contributed by atoms with Gasteiger partial charge in [-0.25, -0.2) is 9.37 Å². The Morgan fingerprint density at radius 3 is 2.62 bits per heavy atom. The molecule has 2 aromatic carbocycles. The molecule has 106 valence electrons. The Labute approximate surface area is 125 Å². The van der Waals surface area contributed by atoms with E-state index in [0.29, 0.717) is 16.7 Å². The van der Waals surface area contributed by atoms with Gasteiger partial charge in [0.2, 0.25) is 0 Å². The van der Waals surface area contributed by atoms with Gasteiger partial charge in [0.25, 0.3) is 0 Å². The monoisotopic (exact) mass is 302 g/mol. The van der Waals surface area contributed by atoms with Crippen molar-refractivity contribution in [2.45, 2.75) is 6.04 Å². The van der Waals surface area contributed by atoms with E-state index in [1.54, 1.807) is 24.3 Å². The fourth-order valence-corrected chi connectivity index (χ4v) is 2.19. The quantitative estimate of drug-likeness (QED) is 0.780. The molecule has 3 N–H and O–H groups in total. The molecular formula is C15H12ClFN4. The van der Waals surface area contributed by atoms with Gasteiger partial charge in [0.15, 0.2) is 5.82 Å².